The first kappa shape index (κ1) is 26.9. The molecular weight excluding hydrogens is 568 g/mol. The maximum Gasteiger partial charge on any atom is 0.328 e. The number of fused-ring (bicyclic) bond motifs is 1. The maximum absolute atomic E-state index is 13.3. The van der Waals surface area contributed by atoms with E-state index in [9.17, 15) is 14.4 Å². The van der Waals surface area contributed by atoms with Crippen LogP contribution in [0.5, 0.6) is 0 Å². The van der Waals surface area contributed by atoms with Crippen molar-refractivity contribution in [2.75, 3.05) is 17.3 Å². The first-order valence-electron chi connectivity index (χ1n) is 12.8. The number of nitrogens with one attached hydrogen (secondary N) is 3. The smallest absolute Gasteiger partial charge is 0.328 e. The van der Waals surface area contributed by atoms with Crippen LogP contribution in [0.15, 0.2) is 114 Å². The zero-order valence-corrected chi connectivity index (χ0v) is 23.3. The molecule has 0 fully saturated rings. The Hall–Kier alpha value is -4.69. The highest BCUT2D eigenvalue weighted by Crippen LogP contribution is 2.25. The van der Waals surface area contributed by atoms with Gasteiger partial charge < -0.3 is 10.6 Å². The summed E-state index contributed by atoms with van der Waals surface area (Å²) >= 11 is 3.45. The molecule has 0 saturated heterocycles. The number of nitrogens with zero attached hydrogens (tertiary/aromatic N) is 1. The lowest BCUT2D eigenvalue weighted by Crippen LogP contribution is -2.41. The second-order valence-corrected chi connectivity index (χ2v) is 10.3. The van der Waals surface area contributed by atoms with Crippen molar-refractivity contribution < 1.29 is 14.4 Å². The van der Waals surface area contributed by atoms with E-state index in [1.807, 2.05) is 91.9 Å². The van der Waals surface area contributed by atoms with E-state index in [2.05, 4.69) is 32.0 Å². The fraction of sp³-hybridized carbons (Fsp3) is 0.0938. The zero-order chi connectivity index (χ0) is 28.1. The van der Waals surface area contributed by atoms with Crippen molar-refractivity contribution in [2.45, 2.75) is 12.8 Å². The predicted octanol–water partition coefficient (Wildman–Crippen LogP) is 5.98. The van der Waals surface area contributed by atoms with Gasteiger partial charge in [-0.05, 0) is 53.9 Å². The van der Waals surface area contributed by atoms with E-state index >= 15 is 0 Å². The Morgan fingerprint density at radius 2 is 1.40 bits per heavy atom. The molecule has 40 heavy (non-hydrogen) atoms. The van der Waals surface area contributed by atoms with Crippen LogP contribution in [-0.4, -0.2) is 28.9 Å². The van der Waals surface area contributed by atoms with E-state index in [4.69, 9.17) is 0 Å². The average Bonchev–Trinajstić information content (AvgIpc) is 3.32. The highest BCUT2D eigenvalue weighted by molar-refractivity contribution is 9.10. The van der Waals surface area contributed by atoms with Gasteiger partial charge >= 0.3 is 11.8 Å². The third-order valence-electron chi connectivity index (χ3n) is 6.68. The van der Waals surface area contributed by atoms with Crippen LogP contribution in [0, 0.1) is 6.92 Å². The molecule has 3 N–H and O–H groups in total. The largest absolute Gasteiger partial charge is 0.347 e. The summed E-state index contributed by atoms with van der Waals surface area (Å²) in [4.78, 5) is 39.4. The van der Waals surface area contributed by atoms with Crippen molar-refractivity contribution in [2.24, 2.45) is 0 Å². The molecule has 7 nitrogen and oxygen atoms in total. The highest BCUT2D eigenvalue weighted by Gasteiger charge is 2.23. The molecule has 5 aromatic rings. The van der Waals surface area contributed by atoms with Crippen molar-refractivity contribution in [3.05, 3.63) is 136 Å². The second kappa shape index (κ2) is 12.0. The number of hydrogen-bond donors (Lipinski definition) is 3. The Kier molecular flexibility index (Phi) is 8.07. The summed E-state index contributed by atoms with van der Waals surface area (Å²) in [6, 6.07) is 34.1. The molecule has 0 bridgehead atoms. The van der Waals surface area contributed by atoms with E-state index in [-0.39, 0.29) is 18.2 Å². The van der Waals surface area contributed by atoms with Crippen molar-refractivity contribution in [1.82, 2.24) is 9.99 Å². The normalized spacial score (nSPS) is 10.9. The molecule has 0 atom stereocenters. The number of halogens is 1. The van der Waals surface area contributed by atoms with E-state index < -0.39 is 17.7 Å². The summed E-state index contributed by atoms with van der Waals surface area (Å²) in [5.74, 6) is -2.25. The number of aromatic nitrogens is 1. The summed E-state index contributed by atoms with van der Waals surface area (Å²) in [5, 5.41) is 6.39. The van der Waals surface area contributed by atoms with Gasteiger partial charge in [-0.3, -0.25) is 19.8 Å². The monoisotopic (exact) mass is 594 g/mol. The van der Waals surface area contributed by atoms with Crippen molar-refractivity contribution in [3.63, 3.8) is 0 Å². The average molecular weight is 595 g/mol. The third-order valence-corrected chi connectivity index (χ3v) is 7.17. The molecule has 5 rings (SSSR count). The van der Waals surface area contributed by atoms with Crippen LogP contribution in [-0.2, 0) is 9.59 Å². The molecule has 0 aliphatic rings. The Bertz CT molecular complexity index is 1640. The summed E-state index contributed by atoms with van der Waals surface area (Å²) in [5.41, 5.74) is 6.98. The van der Waals surface area contributed by atoms with Crippen molar-refractivity contribution >= 4 is 50.2 Å². The Balaban J connectivity index is 1.37. The number of amides is 3. The molecule has 200 valence electrons. The van der Waals surface area contributed by atoms with Crippen LogP contribution in [0.2, 0.25) is 0 Å². The molecule has 1 aromatic heterocycles. The second-order valence-electron chi connectivity index (χ2n) is 9.36. The molecule has 3 amide bonds. The van der Waals surface area contributed by atoms with Crippen LogP contribution in [0.1, 0.15) is 33.1 Å². The number of carbonyl (C=O) groups is 3. The number of para-hydroxylation sites is 1. The molecule has 8 heteroatoms. The van der Waals surface area contributed by atoms with Gasteiger partial charge in [-0.2, -0.15) is 0 Å². The van der Waals surface area contributed by atoms with Gasteiger partial charge in [-0.15, -0.1) is 0 Å². The van der Waals surface area contributed by atoms with Crippen molar-refractivity contribution in [3.8, 4) is 0 Å². The number of benzene rings is 4. The minimum Gasteiger partial charge on any atom is -0.347 e. The van der Waals surface area contributed by atoms with E-state index in [0.717, 1.165) is 26.5 Å². The molecule has 0 unspecified atom stereocenters. The topological polar surface area (TPSA) is 92.2 Å². The van der Waals surface area contributed by atoms with E-state index in [1.54, 1.807) is 24.3 Å². The maximum atomic E-state index is 13.3. The Labute approximate surface area is 240 Å². The summed E-state index contributed by atoms with van der Waals surface area (Å²) in [6.07, 6.45) is 0. The minimum absolute atomic E-state index is 0.139. The molecular formula is C32H27BrN4O3. The molecule has 1 heterocycles. The fourth-order valence-corrected chi connectivity index (χ4v) is 4.98. The standard InChI is InChI=1S/C32H27BrN4O3/c1-21-10-8-9-15-27(21)35-30(38)29-19-24-18-25(33)16-17-28(24)37(29)36-32(40)31(39)34-20-26(22-11-4-2-5-12-22)23-13-6-3-7-14-23/h2-19,26H,20H2,1H3,(H,34,39)(H,35,38)(H,36,40). The van der Waals surface area contributed by atoms with Gasteiger partial charge in [0.1, 0.15) is 5.69 Å². The number of rotatable bonds is 7. The Morgan fingerprint density at radius 3 is 2.05 bits per heavy atom. The van der Waals surface area contributed by atoms with Gasteiger partial charge in [0.05, 0.1) is 5.52 Å². The SMILES string of the molecule is Cc1ccccc1NC(=O)c1cc2cc(Br)ccc2n1NC(=O)C(=O)NCC(c1ccccc1)c1ccccc1. The summed E-state index contributed by atoms with van der Waals surface area (Å²) in [6.45, 7) is 2.12. The van der Waals surface area contributed by atoms with Crippen molar-refractivity contribution in [1.29, 1.82) is 0 Å². The minimum atomic E-state index is -0.884. The van der Waals surface area contributed by atoms with Crippen LogP contribution >= 0.6 is 15.9 Å². The zero-order valence-electron chi connectivity index (χ0n) is 21.7. The van der Waals surface area contributed by atoms with E-state index in [0.29, 0.717) is 11.2 Å². The van der Waals surface area contributed by atoms with E-state index in [1.165, 1.54) is 4.68 Å². The summed E-state index contributed by atoms with van der Waals surface area (Å²) in [7, 11) is 0. The first-order chi connectivity index (χ1) is 19.4. The molecule has 4 aromatic carbocycles. The number of hydrogen-bond acceptors (Lipinski definition) is 3. The quantitative estimate of drug-likeness (QED) is 0.202. The Morgan fingerprint density at radius 1 is 0.775 bits per heavy atom. The fourth-order valence-electron chi connectivity index (χ4n) is 4.60. The highest BCUT2D eigenvalue weighted by atomic mass is 79.9. The van der Waals surface area contributed by atoms with Crippen LogP contribution in [0.3, 0.4) is 0 Å². The lowest BCUT2D eigenvalue weighted by molar-refractivity contribution is -0.136. The first-order valence-corrected chi connectivity index (χ1v) is 13.6. The predicted molar refractivity (Wildman–Crippen MR) is 161 cm³/mol. The van der Waals surface area contributed by atoms with Gasteiger partial charge in [0.15, 0.2) is 0 Å². The van der Waals surface area contributed by atoms with Gasteiger partial charge in [0.25, 0.3) is 5.91 Å². The lowest BCUT2D eigenvalue weighted by atomic mass is 9.91. The van der Waals surface area contributed by atoms with Gasteiger partial charge in [0, 0.05) is 28.0 Å². The number of aryl methyl sites for hydroxylation is 1. The molecule has 0 aliphatic carbocycles. The van der Waals surface area contributed by atoms with Crippen LogP contribution in [0.25, 0.3) is 10.9 Å². The van der Waals surface area contributed by atoms with Crippen LogP contribution in [0.4, 0.5) is 5.69 Å². The number of anilines is 1. The molecule has 0 spiro atoms. The molecule has 0 radical (unpaired) electrons. The van der Waals surface area contributed by atoms with Gasteiger partial charge in [-0.25, -0.2) is 4.68 Å². The number of carbonyl (C=O) groups excluding carboxylic acids is 3. The lowest BCUT2D eigenvalue weighted by Gasteiger charge is -2.19. The van der Waals surface area contributed by atoms with Gasteiger partial charge in [-0.1, -0.05) is 94.8 Å². The molecule has 0 saturated carbocycles. The van der Waals surface area contributed by atoms with Crippen LogP contribution < -0.4 is 16.1 Å². The third kappa shape index (κ3) is 5.97. The summed E-state index contributed by atoms with van der Waals surface area (Å²) < 4.78 is 2.17. The van der Waals surface area contributed by atoms with Gasteiger partial charge in [0.2, 0.25) is 0 Å². The molecule has 0 aliphatic heterocycles.